The zero-order valence-corrected chi connectivity index (χ0v) is 14.4. The van der Waals surface area contributed by atoms with Gasteiger partial charge in [-0.2, -0.15) is 0 Å². The lowest BCUT2D eigenvalue weighted by Crippen LogP contribution is -1.98. The summed E-state index contributed by atoms with van der Waals surface area (Å²) in [6.45, 7) is 0. The van der Waals surface area contributed by atoms with E-state index in [1.54, 1.807) is 0 Å². The van der Waals surface area contributed by atoms with E-state index < -0.39 is 0 Å². The zero-order chi connectivity index (χ0) is 17.8. The molecule has 0 heterocycles. The van der Waals surface area contributed by atoms with E-state index >= 15 is 0 Å². The van der Waals surface area contributed by atoms with Gasteiger partial charge in [-0.05, 0) is 41.0 Å². The fourth-order valence-corrected chi connectivity index (χ4v) is 3.08. The summed E-state index contributed by atoms with van der Waals surface area (Å²) in [5.74, 6) is 0. The molecule has 2 heteroatoms. The van der Waals surface area contributed by atoms with Crippen molar-refractivity contribution in [1.82, 2.24) is 0 Å². The van der Waals surface area contributed by atoms with Gasteiger partial charge in [-0.25, -0.2) is 0 Å². The first-order chi connectivity index (χ1) is 12.8. The van der Waals surface area contributed by atoms with E-state index in [0.29, 0.717) is 0 Å². The number of benzene rings is 4. The van der Waals surface area contributed by atoms with Crippen LogP contribution in [0.2, 0.25) is 0 Å². The molecule has 0 spiro atoms. The molecule has 0 aliphatic carbocycles. The van der Waals surface area contributed by atoms with Gasteiger partial charge in [0.25, 0.3) is 0 Å². The number of nitrogen functional groups attached to an aromatic ring is 1. The molecule has 0 atom stereocenters. The fourth-order valence-electron chi connectivity index (χ4n) is 3.08. The van der Waals surface area contributed by atoms with Gasteiger partial charge in [-0.3, -0.25) is 0 Å². The zero-order valence-electron chi connectivity index (χ0n) is 14.4. The van der Waals surface area contributed by atoms with E-state index in [1.807, 2.05) is 36.4 Å². The minimum Gasteiger partial charge on any atom is -0.397 e. The molecule has 0 radical (unpaired) electrons. The van der Waals surface area contributed by atoms with Crippen LogP contribution >= 0.6 is 0 Å². The highest BCUT2D eigenvalue weighted by atomic mass is 14.9. The Kier molecular flexibility index (Phi) is 4.40. The van der Waals surface area contributed by atoms with Gasteiger partial charge in [0.1, 0.15) is 0 Å². The topological polar surface area (TPSA) is 38.0 Å². The molecule has 0 aliphatic heterocycles. The Morgan fingerprint density at radius 2 is 1.12 bits per heavy atom. The maximum atomic E-state index is 6.12. The highest BCUT2D eigenvalue weighted by molar-refractivity contribution is 5.87. The third kappa shape index (κ3) is 3.31. The van der Waals surface area contributed by atoms with Gasteiger partial charge in [0, 0.05) is 11.3 Å². The molecule has 0 bridgehead atoms. The lowest BCUT2D eigenvalue weighted by Gasteiger charge is -2.16. The van der Waals surface area contributed by atoms with Crippen LogP contribution in [0.15, 0.2) is 103 Å². The second-order valence-electron chi connectivity index (χ2n) is 6.20. The first-order valence-electron chi connectivity index (χ1n) is 8.68. The number of rotatable bonds is 4. The summed E-state index contributed by atoms with van der Waals surface area (Å²) in [6.07, 6.45) is 0. The molecule has 0 aromatic heterocycles. The third-order valence-electron chi connectivity index (χ3n) is 4.44. The molecule has 4 aromatic rings. The van der Waals surface area contributed by atoms with E-state index in [0.717, 1.165) is 22.6 Å². The van der Waals surface area contributed by atoms with Crippen molar-refractivity contribution in [3.05, 3.63) is 103 Å². The van der Waals surface area contributed by atoms with Crippen LogP contribution in [0.25, 0.3) is 22.3 Å². The van der Waals surface area contributed by atoms with Crippen LogP contribution in [-0.4, -0.2) is 0 Å². The SMILES string of the molecule is Nc1ccccc1Nc1ccc(-c2ccccc2)cc1-c1ccccc1. The van der Waals surface area contributed by atoms with Crippen LogP contribution < -0.4 is 11.1 Å². The standard InChI is InChI=1S/C24H20N2/c25-22-13-7-8-14-24(22)26-23-16-15-20(18-9-3-1-4-10-18)17-21(23)19-11-5-2-6-12-19/h1-17,26H,25H2. The van der Waals surface area contributed by atoms with Crippen molar-refractivity contribution >= 4 is 17.1 Å². The summed E-state index contributed by atoms with van der Waals surface area (Å²) in [6, 6.07) is 35.2. The average Bonchev–Trinajstić information content (AvgIpc) is 2.71. The molecular weight excluding hydrogens is 316 g/mol. The number of hydrogen-bond donors (Lipinski definition) is 2. The smallest absolute Gasteiger partial charge is 0.0618 e. The summed E-state index contributed by atoms with van der Waals surface area (Å²) in [4.78, 5) is 0. The predicted molar refractivity (Wildman–Crippen MR) is 111 cm³/mol. The molecule has 3 N–H and O–H groups in total. The molecule has 2 nitrogen and oxygen atoms in total. The number of nitrogens with one attached hydrogen (secondary N) is 1. The van der Waals surface area contributed by atoms with Gasteiger partial charge in [0.05, 0.1) is 11.4 Å². The summed E-state index contributed by atoms with van der Waals surface area (Å²) in [7, 11) is 0. The van der Waals surface area contributed by atoms with E-state index in [9.17, 15) is 0 Å². The lowest BCUT2D eigenvalue weighted by atomic mass is 9.97. The molecule has 0 saturated heterocycles. The van der Waals surface area contributed by atoms with Crippen molar-refractivity contribution in [2.24, 2.45) is 0 Å². The second kappa shape index (κ2) is 7.16. The Labute approximate surface area is 153 Å². The van der Waals surface area contributed by atoms with E-state index in [2.05, 4.69) is 72.0 Å². The Balaban J connectivity index is 1.82. The molecule has 4 aromatic carbocycles. The molecule has 4 rings (SSSR count). The summed E-state index contributed by atoms with van der Waals surface area (Å²) < 4.78 is 0. The number of nitrogens with two attached hydrogens (primary N) is 1. The van der Waals surface area contributed by atoms with Crippen molar-refractivity contribution in [3.8, 4) is 22.3 Å². The lowest BCUT2D eigenvalue weighted by molar-refractivity contribution is 1.52. The highest BCUT2D eigenvalue weighted by Gasteiger charge is 2.09. The third-order valence-corrected chi connectivity index (χ3v) is 4.44. The summed E-state index contributed by atoms with van der Waals surface area (Å²) in [5.41, 5.74) is 13.5. The van der Waals surface area contributed by atoms with Crippen LogP contribution in [0.4, 0.5) is 17.1 Å². The van der Waals surface area contributed by atoms with Crippen LogP contribution in [0.5, 0.6) is 0 Å². The number of hydrogen-bond acceptors (Lipinski definition) is 2. The predicted octanol–water partition coefficient (Wildman–Crippen LogP) is 6.35. The van der Waals surface area contributed by atoms with Gasteiger partial charge in [-0.1, -0.05) is 78.9 Å². The van der Waals surface area contributed by atoms with Crippen molar-refractivity contribution < 1.29 is 0 Å². The van der Waals surface area contributed by atoms with Gasteiger partial charge < -0.3 is 11.1 Å². The molecule has 0 aliphatic rings. The van der Waals surface area contributed by atoms with Gasteiger partial charge in [0.15, 0.2) is 0 Å². The molecule has 0 amide bonds. The minimum atomic E-state index is 0.735. The normalized spacial score (nSPS) is 10.5. The van der Waals surface area contributed by atoms with Crippen LogP contribution in [-0.2, 0) is 0 Å². The number of anilines is 3. The first kappa shape index (κ1) is 16.0. The highest BCUT2D eigenvalue weighted by Crippen LogP contribution is 2.35. The molecular formula is C24H20N2. The monoisotopic (exact) mass is 336 g/mol. The van der Waals surface area contributed by atoms with Crippen LogP contribution in [0, 0.1) is 0 Å². The largest absolute Gasteiger partial charge is 0.397 e. The second-order valence-corrected chi connectivity index (χ2v) is 6.20. The summed E-state index contributed by atoms with van der Waals surface area (Å²) >= 11 is 0. The molecule has 0 fully saturated rings. The van der Waals surface area contributed by atoms with Crippen molar-refractivity contribution in [3.63, 3.8) is 0 Å². The number of para-hydroxylation sites is 2. The minimum absolute atomic E-state index is 0.735. The Bertz CT molecular complexity index is 1010. The average molecular weight is 336 g/mol. The van der Waals surface area contributed by atoms with Crippen molar-refractivity contribution in [2.45, 2.75) is 0 Å². The maximum absolute atomic E-state index is 6.12. The molecule has 0 saturated carbocycles. The molecule has 126 valence electrons. The quantitative estimate of drug-likeness (QED) is 0.426. The Hall–Kier alpha value is -3.52. The van der Waals surface area contributed by atoms with Crippen molar-refractivity contribution in [2.75, 3.05) is 11.1 Å². The summed E-state index contributed by atoms with van der Waals surface area (Å²) in [5, 5.41) is 3.49. The Morgan fingerprint density at radius 1 is 0.500 bits per heavy atom. The molecule has 0 unspecified atom stereocenters. The Morgan fingerprint density at radius 3 is 1.81 bits per heavy atom. The van der Waals surface area contributed by atoms with Crippen LogP contribution in [0.1, 0.15) is 0 Å². The van der Waals surface area contributed by atoms with E-state index in [1.165, 1.54) is 16.7 Å². The van der Waals surface area contributed by atoms with Crippen molar-refractivity contribution in [1.29, 1.82) is 0 Å². The van der Waals surface area contributed by atoms with Gasteiger partial charge in [0.2, 0.25) is 0 Å². The van der Waals surface area contributed by atoms with E-state index in [-0.39, 0.29) is 0 Å². The maximum Gasteiger partial charge on any atom is 0.0618 e. The van der Waals surface area contributed by atoms with Crippen LogP contribution in [0.3, 0.4) is 0 Å². The first-order valence-corrected chi connectivity index (χ1v) is 8.68. The van der Waals surface area contributed by atoms with E-state index in [4.69, 9.17) is 5.73 Å². The van der Waals surface area contributed by atoms with Gasteiger partial charge in [-0.15, -0.1) is 0 Å². The molecule has 26 heavy (non-hydrogen) atoms. The fraction of sp³-hybridized carbons (Fsp3) is 0. The van der Waals surface area contributed by atoms with Gasteiger partial charge >= 0.3 is 0 Å².